The molecule has 2 rings (SSSR count). The van der Waals surface area contributed by atoms with Crippen molar-refractivity contribution >= 4 is 0 Å². The molecule has 0 aliphatic heterocycles. The smallest absolute Gasteiger partial charge is 0.298 e. The highest BCUT2D eigenvalue weighted by atomic mass is 16.9. The van der Waals surface area contributed by atoms with Crippen molar-refractivity contribution < 1.29 is 14.2 Å². The molecule has 0 N–H and O–H groups in total. The summed E-state index contributed by atoms with van der Waals surface area (Å²) in [7, 11) is 5.25. The molecular formula is C25H49NO3. The van der Waals surface area contributed by atoms with Gasteiger partial charge in [0.15, 0.2) is 0 Å². The van der Waals surface area contributed by atoms with Crippen LogP contribution in [0, 0.1) is 0 Å². The van der Waals surface area contributed by atoms with Gasteiger partial charge in [-0.25, -0.2) is 0 Å². The van der Waals surface area contributed by atoms with Crippen LogP contribution in [0.25, 0.3) is 0 Å². The fraction of sp³-hybridized carbons (Fsp3) is 1.00. The third-order valence-electron chi connectivity index (χ3n) is 7.45. The average molecular weight is 412 g/mol. The molecule has 172 valence electrons. The normalized spacial score (nSPS) is 21.0. The van der Waals surface area contributed by atoms with Crippen molar-refractivity contribution in [1.29, 1.82) is 0 Å². The maximum atomic E-state index is 5.97. The van der Waals surface area contributed by atoms with Crippen LogP contribution in [0.15, 0.2) is 0 Å². The predicted molar refractivity (Wildman–Crippen MR) is 121 cm³/mol. The molecule has 2 aliphatic carbocycles. The quantitative estimate of drug-likeness (QED) is 0.236. The number of rotatable bonds is 14. The molecule has 4 heteroatoms. The monoisotopic (exact) mass is 411 g/mol. The van der Waals surface area contributed by atoms with E-state index in [0.717, 1.165) is 6.42 Å². The lowest BCUT2D eigenvalue weighted by Gasteiger charge is -2.51. The molecular weight excluding hydrogens is 362 g/mol. The zero-order chi connectivity index (χ0) is 21.0. The Morgan fingerprint density at radius 2 is 1.14 bits per heavy atom. The van der Waals surface area contributed by atoms with Gasteiger partial charge in [-0.3, -0.25) is 4.90 Å². The third-order valence-corrected chi connectivity index (χ3v) is 7.45. The molecule has 2 saturated carbocycles. The summed E-state index contributed by atoms with van der Waals surface area (Å²) in [6.07, 6.45) is 22.5. The molecule has 0 aromatic rings. The van der Waals surface area contributed by atoms with Gasteiger partial charge in [-0.05, 0) is 32.1 Å². The molecule has 4 nitrogen and oxygen atoms in total. The standard InChI is InChI=1S/C25H49NO3/c1-5-6-7-8-9-16-21-24(25(27-2,28-3)29-4)26(22-17-12-10-13-18-22)23-19-14-11-15-20-23/h22-24H,5-21H2,1-4H3. The second-order valence-electron chi connectivity index (χ2n) is 9.32. The first-order chi connectivity index (χ1) is 14.2. The zero-order valence-corrected chi connectivity index (χ0v) is 19.9. The van der Waals surface area contributed by atoms with Crippen LogP contribution in [0.3, 0.4) is 0 Å². The summed E-state index contributed by atoms with van der Waals surface area (Å²) in [5.74, 6) is -0.960. The van der Waals surface area contributed by atoms with Crippen LogP contribution in [0.1, 0.15) is 116 Å². The number of unbranched alkanes of at least 4 members (excludes halogenated alkanes) is 5. The Balaban J connectivity index is 2.19. The van der Waals surface area contributed by atoms with E-state index in [2.05, 4.69) is 11.8 Å². The van der Waals surface area contributed by atoms with Gasteiger partial charge in [0, 0.05) is 33.4 Å². The topological polar surface area (TPSA) is 30.9 Å². The average Bonchev–Trinajstić information content (AvgIpc) is 2.79. The number of ether oxygens (including phenoxy) is 3. The van der Waals surface area contributed by atoms with Gasteiger partial charge in [0.1, 0.15) is 0 Å². The molecule has 0 bridgehead atoms. The predicted octanol–water partition coefficient (Wildman–Crippen LogP) is 6.67. The van der Waals surface area contributed by atoms with Crippen molar-refractivity contribution in [3.63, 3.8) is 0 Å². The van der Waals surface area contributed by atoms with Crippen LogP contribution < -0.4 is 0 Å². The van der Waals surface area contributed by atoms with E-state index in [1.807, 2.05) is 0 Å². The molecule has 0 radical (unpaired) electrons. The van der Waals surface area contributed by atoms with Crippen LogP contribution in [0.4, 0.5) is 0 Å². The van der Waals surface area contributed by atoms with Gasteiger partial charge in [-0.1, -0.05) is 84.0 Å². The molecule has 0 aromatic heterocycles. The minimum atomic E-state index is -0.960. The van der Waals surface area contributed by atoms with Crippen molar-refractivity contribution in [2.45, 2.75) is 140 Å². The molecule has 0 amide bonds. The summed E-state index contributed by atoms with van der Waals surface area (Å²) in [6, 6.07) is 1.47. The minimum Gasteiger partial charge on any atom is -0.330 e. The number of hydrogen-bond acceptors (Lipinski definition) is 4. The van der Waals surface area contributed by atoms with E-state index in [1.165, 1.54) is 103 Å². The Kier molecular flexibility index (Phi) is 12.1. The van der Waals surface area contributed by atoms with Crippen molar-refractivity contribution in [2.24, 2.45) is 0 Å². The van der Waals surface area contributed by atoms with Gasteiger partial charge < -0.3 is 14.2 Å². The van der Waals surface area contributed by atoms with Crippen LogP contribution in [-0.2, 0) is 14.2 Å². The van der Waals surface area contributed by atoms with E-state index in [9.17, 15) is 0 Å². The van der Waals surface area contributed by atoms with Gasteiger partial charge in [0.2, 0.25) is 0 Å². The first-order valence-electron chi connectivity index (χ1n) is 12.6. The van der Waals surface area contributed by atoms with E-state index < -0.39 is 5.97 Å². The zero-order valence-electron chi connectivity index (χ0n) is 19.9. The molecule has 0 saturated heterocycles. The molecule has 2 fully saturated rings. The Morgan fingerprint density at radius 1 is 0.690 bits per heavy atom. The lowest BCUT2D eigenvalue weighted by molar-refractivity contribution is -0.383. The second-order valence-corrected chi connectivity index (χ2v) is 9.32. The fourth-order valence-corrected chi connectivity index (χ4v) is 5.85. The van der Waals surface area contributed by atoms with Gasteiger partial charge in [-0.2, -0.15) is 0 Å². The van der Waals surface area contributed by atoms with E-state index in [1.54, 1.807) is 21.3 Å². The minimum absolute atomic E-state index is 0.167. The van der Waals surface area contributed by atoms with Crippen molar-refractivity contribution in [3.8, 4) is 0 Å². The summed E-state index contributed by atoms with van der Waals surface area (Å²) >= 11 is 0. The summed E-state index contributed by atoms with van der Waals surface area (Å²) in [6.45, 7) is 2.28. The number of hydrogen-bond donors (Lipinski definition) is 0. The first-order valence-corrected chi connectivity index (χ1v) is 12.6. The third kappa shape index (κ3) is 7.19. The Morgan fingerprint density at radius 3 is 1.59 bits per heavy atom. The highest BCUT2D eigenvalue weighted by Crippen LogP contribution is 2.38. The maximum Gasteiger partial charge on any atom is 0.298 e. The second kappa shape index (κ2) is 14.0. The first kappa shape index (κ1) is 25.1. The van der Waals surface area contributed by atoms with E-state index in [0.29, 0.717) is 12.1 Å². The summed E-state index contributed by atoms with van der Waals surface area (Å²) in [4.78, 5) is 2.83. The number of nitrogens with zero attached hydrogens (tertiary/aromatic N) is 1. The summed E-state index contributed by atoms with van der Waals surface area (Å²) in [5.41, 5.74) is 0. The maximum absolute atomic E-state index is 5.97. The lowest BCUT2D eigenvalue weighted by Crippen LogP contribution is -2.62. The van der Waals surface area contributed by atoms with Gasteiger partial charge in [-0.15, -0.1) is 0 Å². The highest BCUT2D eigenvalue weighted by molar-refractivity contribution is 4.92. The van der Waals surface area contributed by atoms with Crippen LogP contribution >= 0.6 is 0 Å². The summed E-state index contributed by atoms with van der Waals surface area (Å²) in [5, 5.41) is 0. The van der Waals surface area contributed by atoms with Gasteiger partial charge >= 0.3 is 0 Å². The van der Waals surface area contributed by atoms with E-state index in [4.69, 9.17) is 14.2 Å². The van der Waals surface area contributed by atoms with Crippen molar-refractivity contribution in [1.82, 2.24) is 4.90 Å². The molecule has 0 heterocycles. The Hall–Kier alpha value is -0.160. The molecule has 2 aliphatic rings. The SMILES string of the molecule is CCCCCCCCC(N(C1CCCCC1)C1CCCCC1)C(OC)(OC)OC. The highest BCUT2D eigenvalue weighted by Gasteiger charge is 2.47. The van der Waals surface area contributed by atoms with Gasteiger partial charge in [0.05, 0.1) is 6.04 Å². The summed E-state index contributed by atoms with van der Waals surface area (Å²) < 4.78 is 17.9. The fourth-order valence-electron chi connectivity index (χ4n) is 5.85. The number of methoxy groups -OCH3 is 3. The van der Waals surface area contributed by atoms with Crippen molar-refractivity contribution in [2.75, 3.05) is 21.3 Å². The van der Waals surface area contributed by atoms with Crippen molar-refractivity contribution in [3.05, 3.63) is 0 Å². The van der Waals surface area contributed by atoms with Gasteiger partial charge in [0.25, 0.3) is 5.97 Å². The van der Waals surface area contributed by atoms with Crippen LogP contribution in [0.5, 0.6) is 0 Å². The molecule has 29 heavy (non-hydrogen) atoms. The molecule has 0 spiro atoms. The molecule has 1 atom stereocenters. The largest absolute Gasteiger partial charge is 0.330 e. The lowest BCUT2D eigenvalue weighted by atomic mass is 9.86. The molecule has 1 unspecified atom stereocenters. The van der Waals surface area contributed by atoms with E-state index >= 15 is 0 Å². The Labute approximate surface area is 181 Å². The van der Waals surface area contributed by atoms with Crippen LogP contribution in [0.2, 0.25) is 0 Å². The van der Waals surface area contributed by atoms with E-state index in [-0.39, 0.29) is 6.04 Å². The molecule has 0 aromatic carbocycles. The Bertz CT molecular complexity index is 375. The van der Waals surface area contributed by atoms with Crippen LogP contribution in [-0.4, -0.2) is 50.3 Å².